The lowest BCUT2D eigenvalue weighted by Crippen LogP contribution is -2.44. The molecule has 0 bridgehead atoms. The normalized spacial score (nSPS) is 24.9. The topological polar surface area (TPSA) is 116 Å². The molecule has 1 unspecified atom stereocenters. The van der Waals surface area contributed by atoms with Crippen LogP contribution in [-0.2, 0) is 0 Å². The van der Waals surface area contributed by atoms with Gasteiger partial charge in [-0.15, -0.1) is 11.3 Å². The molecule has 0 saturated heterocycles. The predicted octanol–water partition coefficient (Wildman–Crippen LogP) is 4.15. The number of aliphatic hydroxyl groups excluding tert-OH is 2. The molecule has 0 spiro atoms. The number of aromatic nitrogens is 4. The van der Waals surface area contributed by atoms with Gasteiger partial charge in [-0.3, -0.25) is 4.98 Å². The van der Waals surface area contributed by atoms with Crippen LogP contribution in [0.4, 0.5) is 20.5 Å². The van der Waals surface area contributed by atoms with Crippen LogP contribution in [0.25, 0.3) is 20.8 Å². The molecule has 4 atom stereocenters. The van der Waals surface area contributed by atoms with Gasteiger partial charge in [-0.1, -0.05) is 0 Å². The molecule has 0 aromatic carbocycles. The summed E-state index contributed by atoms with van der Waals surface area (Å²) >= 11 is 1.53. The standard InChI is InChI=1S/C24H30F2N6O2S/c1-11(15-8-24(25,26)9-15)28-23-29-12(2)19(22-31-20-13(3)27-5-4-18(20)35-22)21(32-23)30-16-6-14(10-33)17(34)7-16/h4-5,11,14-17,33-34H,6-10H2,1-3H3,(H2,28,29,30,32)/t11?,14-,16-,17+/m1/s1. The number of thiazole rings is 1. The van der Waals surface area contributed by atoms with Gasteiger partial charge in [0.1, 0.15) is 16.3 Å². The summed E-state index contributed by atoms with van der Waals surface area (Å²) in [5.41, 5.74) is 3.14. The van der Waals surface area contributed by atoms with Crippen molar-refractivity contribution in [2.24, 2.45) is 11.8 Å². The molecule has 2 aliphatic rings. The van der Waals surface area contributed by atoms with Gasteiger partial charge in [-0.2, -0.15) is 4.98 Å². The first-order valence-electron chi connectivity index (χ1n) is 11.9. The largest absolute Gasteiger partial charge is 0.396 e. The van der Waals surface area contributed by atoms with E-state index in [-0.39, 0.29) is 43.4 Å². The number of anilines is 2. The first-order valence-corrected chi connectivity index (χ1v) is 12.8. The van der Waals surface area contributed by atoms with Crippen molar-refractivity contribution in [2.75, 3.05) is 17.2 Å². The van der Waals surface area contributed by atoms with E-state index in [0.29, 0.717) is 30.3 Å². The first-order chi connectivity index (χ1) is 16.6. The zero-order valence-corrected chi connectivity index (χ0v) is 20.7. The van der Waals surface area contributed by atoms with Crippen LogP contribution in [0.1, 0.15) is 44.0 Å². The van der Waals surface area contributed by atoms with E-state index in [1.165, 1.54) is 11.3 Å². The molecule has 2 fully saturated rings. The SMILES string of the molecule is Cc1nc(NC(C)C2CC(F)(F)C2)nc(N[C@@H]2C[C@H](CO)[C@@H](O)C2)c1-c1nc2c(C)nccc2s1. The number of nitrogens with one attached hydrogen (secondary N) is 2. The minimum atomic E-state index is -2.58. The molecule has 0 amide bonds. The van der Waals surface area contributed by atoms with Crippen molar-refractivity contribution < 1.29 is 19.0 Å². The van der Waals surface area contributed by atoms with E-state index in [1.807, 2.05) is 26.8 Å². The lowest BCUT2D eigenvalue weighted by Gasteiger charge is -2.39. The third kappa shape index (κ3) is 4.81. The van der Waals surface area contributed by atoms with Gasteiger partial charge in [0.15, 0.2) is 0 Å². The van der Waals surface area contributed by atoms with Crippen molar-refractivity contribution in [3.8, 4) is 10.6 Å². The molecule has 3 heterocycles. The van der Waals surface area contributed by atoms with Crippen LogP contribution in [0, 0.1) is 25.7 Å². The summed E-state index contributed by atoms with van der Waals surface area (Å²) in [6.07, 6.45) is 2.01. The number of rotatable bonds is 7. The van der Waals surface area contributed by atoms with E-state index in [9.17, 15) is 19.0 Å². The van der Waals surface area contributed by atoms with Gasteiger partial charge in [0.2, 0.25) is 11.9 Å². The van der Waals surface area contributed by atoms with Crippen LogP contribution < -0.4 is 10.6 Å². The average Bonchev–Trinajstić information content (AvgIpc) is 3.35. The molecule has 0 aliphatic heterocycles. The lowest BCUT2D eigenvalue weighted by molar-refractivity contribution is -0.113. The Bertz CT molecular complexity index is 1230. The molecule has 4 N–H and O–H groups in total. The molecule has 188 valence electrons. The zero-order chi connectivity index (χ0) is 24.9. The van der Waals surface area contributed by atoms with Crippen LogP contribution >= 0.6 is 11.3 Å². The number of aryl methyl sites for hydroxylation is 2. The Morgan fingerprint density at radius 3 is 2.60 bits per heavy atom. The molecular formula is C24H30F2N6O2S. The Morgan fingerprint density at radius 1 is 1.17 bits per heavy atom. The minimum Gasteiger partial charge on any atom is -0.396 e. The maximum atomic E-state index is 13.4. The highest BCUT2D eigenvalue weighted by molar-refractivity contribution is 7.21. The van der Waals surface area contributed by atoms with Gasteiger partial charge in [-0.25, -0.2) is 18.7 Å². The second-order valence-corrected chi connectivity index (χ2v) is 10.9. The molecule has 11 heteroatoms. The first kappa shape index (κ1) is 24.2. The number of aliphatic hydroxyl groups is 2. The second-order valence-electron chi connectivity index (χ2n) is 9.90. The number of alkyl halides is 2. The molecule has 3 aromatic heterocycles. The van der Waals surface area contributed by atoms with Crippen molar-refractivity contribution in [3.05, 3.63) is 23.7 Å². The van der Waals surface area contributed by atoms with E-state index >= 15 is 0 Å². The van der Waals surface area contributed by atoms with Crippen molar-refractivity contribution in [2.45, 2.75) is 70.6 Å². The van der Waals surface area contributed by atoms with Crippen molar-refractivity contribution >= 4 is 33.3 Å². The summed E-state index contributed by atoms with van der Waals surface area (Å²) < 4.78 is 27.8. The number of pyridine rings is 1. The van der Waals surface area contributed by atoms with Crippen LogP contribution in [-0.4, -0.2) is 60.9 Å². The minimum absolute atomic E-state index is 0.0739. The zero-order valence-electron chi connectivity index (χ0n) is 19.9. The van der Waals surface area contributed by atoms with Crippen LogP contribution in [0.2, 0.25) is 0 Å². The number of halogens is 2. The maximum Gasteiger partial charge on any atom is 0.248 e. The van der Waals surface area contributed by atoms with Gasteiger partial charge in [0, 0.05) is 43.6 Å². The summed E-state index contributed by atoms with van der Waals surface area (Å²) in [7, 11) is 0. The summed E-state index contributed by atoms with van der Waals surface area (Å²) in [6, 6.07) is 1.65. The summed E-state index contributed by atoms with van der Waals surface area (Å²) in [4.78, 5) is 18.6. The lowest BCUT2D eigenvalue weighted by atomic mass is 9.77. The summed E-state index contributed by atoms with van der Waals surface area (Å²) in [5, 5.41) is 27.3. The molecular weight excluding hydrogens is 474 g/mol. The molecule has 0 radical (unpaired) electrons. The van der Waals surface area contributed by atoms with E-state index < -0.39 is 12.0 Å². The Morgan fingerprint density at radius 2 is 1.94 bits per heavy atom. The van der Waals surface area contributed by atoms with Gasteiger partial charge in [0.05, 0.1) is 27.8 Å². The van der Waals surface area contributed by atoms with Crippen molar-refractivity contribution in [3.63, 3.8) is 0 Å². The highest BCUT2D eigenvalue weighted by atomic mass is 32.1. The highest BCUT2D eigenvalue weighted by Gasteiger charge is 2.47. The molecule has 2 aliphatic carbocycles. The number of hydrogen-bond acceptors (Lipinski definition) is 9. The smallest absolute Gasteiger partial charge is 0.248 e. The Balaban J connectivity index is 1.49. The highest BCUT2D eigenvalue weighted by Crippen LogP contribution is 2.45. The van der Waals surface area contributed by atoms with Crippen LogP contribution in [0.5, 0.6) is 0 Å². The average molecular weight is 505 g/mol. The van der Waals surface area contributed by atoms with E-state index in [0.717, 1.165) is 26.5 Å². The van der Waals surface area contributed by atoms with Crippen LogP contribution in [0.15, 0.2) is 12.3 Å². The fourth-order valence-electron chi connectivity index (χ4n) is 5.08. The Hall–Kier alpha value is -2.50. The molecule has 2 saturated carbocycles. The predicted molar refractivity (Wildman–Crippen MR) is 132 cm³/mol. The fourth-order valence-corrected chi connectivity index (χ4v) is 6.19. The van der Waals surface area contributed by atoms with Crippen LogP contribution in [0.3, 0.4) is 0 Å². The molecule has 3 aromatic rings. The van der Waals surface area contributed by atoms with E-state index in [4.69, 9.17) is 9.97 Å². The molecule has 35 heavy (non-hydrogen) atoms. The van der Waals surface area contributed by atoms with E-state index in [2.05, 4.69) is 20.6 Å². The number of nitrogens with zero attached hydrogens (tertiary/aromatic N) is 4. The van der Waals surface area contributed by atoms with Crippen molar-refractivity contribution in [1.82, 2.24) is 19.9 Å². The van der Waals surface area contributed by atoms with Gasteiger partial charge in [0.25, 0.3) is 0 Å². The molecule has 8 nitrogen and oxygen atoms in total. The van der Waals surface area contributed by atoms with Crippen molar-refractivity contribution in [1.29, 1.82) is 0 Å². The van der Waals surface area contributed by atoms with Gasteiger partial charge >= 0.3 is 0 Å². The number of hydrogen-bond donors (Lipinski definition) is 4. The fraction of sp³-hybridized carbons (Fsp3) is 0.583. The Labute approximate surface area is 206 Å². The molecule has 5 rings (SSSR count). The third-order valence-electron chi connectivity index (χ3n) is 7.21. The monoisotopic (exact) mass is 504 g/mol. The van der Waals surface area contributed by atoms with E-state index in [1.54, 1.807) is 6.20 Å². The second kappa shape index (κ2) is 9.18. The summed E-state index contributed by atoms with van der Waals surface area (Å²) in [5.74, 6) is -1.97. The van der Waals surface area contributed by atoms with Gasteiger partial charge in [-0.05, 0) is 45.6 Å². The number of fused-ring (bicyclic) bond motifs is 1. The Kier molecular flexibility index (Phi) is 6.35. The third-order valence-corrected chi connectivity index (χ3v) is 8.25. The van der Waals surface area contributed by atoms with Gasteiger partial charge < -0.3 is 20.8 Å². The maximum absolute atomic E-state index is 13.4. The quantitative estimate of drug-likeness (QED) is 0.379. The summed E-state index contributed by atoms with van der Waals surface area (Å²) in [6.45, 7) is 5.60.